The van der Waals surface area contributed by atoms with E-state index in [0.717, 1.165) is 12.2 Å². The molecule has 0 saturated heterocycles. The van der Waals surface area contributed by atoms with Gasteiger partial charge in [-0.1, -0.05) is 13.8 Å². The van der Waals surface area contributed by atoms with Crippen LogP contribution in [-0.4, -0.2) is 43.9 Å². The zero-order chi connectivity index (χ0) is 16.0. The van der Waals surface area contributed by atoms with Gasteiger partial charge >= 0.3 is 0 Å². The van der Waals surface area contributed by atoms with Gasteiger partial charge in [0, 0.05) is 19.1 Å². The molecule has 0 fully saturated rings. The molecule has 0 aromatic carbocycles. The van der Waals surface area contributed by atoms with Gasteiger partial charge in [-0.2, -0.15) is 16.1 Å². The van der Waals surface area contributed by atoms with Crippen molar-refractivity contribution < 1.29 is 12.8 Å². The third-order valence-corrected chi connectivity index (χ3v) is 5.81. The lowest BCUT2D eigenvalue weighted by Gasteiger charge is -2.22. The highest BCUT2D eigenvalue weighted by Crippen LogP contribution is 2.21. The average Bonchev–Trinajstić information content (AvgIpc) is 2.91. The van der Waals surface area contributed by atoms with Crippen LogP contribution >= 0.6 is 11.8 Å². The molecule has 0 radical (unpaired) electrons. The van der Waals surface area contributed by atoms with E-state index in [1.807, 2.05) is 27.0 Å². The Morgan fingerprint density at radius 3 is 2.57 bits per heavy atom. The minimum absolute atomic E-state index is 0.0153. The molecule has 7 heteroatoms. The molecule has 0 aliphatic carbocycles. The van der Waals surface area contributed by atoms with Crippen molar-refractivity contribution in [2.75, 3.05) is 19.1 Å². The zero-order valence-electron chi connectivity index (χ0n) is 13.4. The molecule has 21 heavy (non-hydrogen) atoms. The van der Waals surface area contributed by atoms with Gasteiger partial charge in [0.05, 0.1) is 6.54 Å². The summed E-state index contributed by atoms with van der Waals surface area (Å²) in [4.78, 5) is 0. The minimum atomic E-state index is -3.56. The van der Waals surface area contributed by atoms with Crippen LogP contribution in [0.2, 0.25) is 0 Å². The Bertz CT molecular complexity index is 526. The van der Waals surface area contributed by atoms with Crippen LogP contribution in [-0.2, 0) is 16.6 Å². The lowest BCUT2D eigenvalue weighted by Crippen LogP contribution is -2.35. The third kappa shape index (κ3) is 5.32. The van der Waals surface area contributed by atoms with Gasteiger partial charge in [-0.15, -0.1) is 0 Å². The summed E-state index contributed by atoms with van der Waals surface area (Å²) in [6.45, 7) is 6.50. The fourth-order valence-corrected chi connectivity index (χ4v) is 3.64. The summed E-state index contributed by atoms with van der Waals surface area (Å²) < 4.78 is 31.9. The number of furan rings is 1. The van der Waals surface area contributed by atoms with Gasteiger partial charge in [-0.05, 0) is 37.5 Å². The minimum Gasteiger partial charge on any atom is -0.447 e. The molecule has 122 valence electrons. The first-order valence-electron chi connectivity index (χ1n) is 7.08. The maximum Gasteiger partial charge on any atom is 0.276 e. The molecule has 1 atom stereocenters. The van der Waals surface area contributed by atoms with Gasteiger partial charge in [-0.25, -0.2) is 8.42 Å². The van der Waals surface area contributed by atoms with Crippen LogP contribution in [0.3, 0.4) is 0 Å². The van der Waals surface area contributed by atoms with E-state index < -0.39 is 10.0 Å². The highest BCUT2D eigenvalue weighted by Gasteiger charge is 2.28. The van der Waals surface area contributed by atoms with Gasteiger partial charge in [-0.3, -0.25) is 0 Å². The smallest absolute Gasteiger partial charge is 0.276 e. The molecule has 1 aromatic rings. The van der Waals surface area contributed by atoms with E-state index in [1.165, 1.54) is 10.4 Å². The van der Waals surface area contributed by atoms with E-state index in [9.17, 15) is 8.42 Å². The van der Waals surface area contributed by atoms with Crippen molar-refractivity contribution in [1.29, 1.82) is 0 Å². The molecule has 1 aromatic heterocycles. The maximum absolute atomic E-state index is 12.5. The molecule has 0 aliphatic rings. The Morgan fingerprint density at radius 2 is 2.00 bits per heavy atom. The number of thioether (sulfide) groups is 1. The van der Waals surface area contributed by atoms with Gasteiger partial charge < -0.3 is 9.73 Å². The lowest BCUT2D eigenvalue weighted by atomic mass is 10.3. The van der Waals surface area contributed by atoms with E-state index in [2.05, 4.69) is 5.32 Å². The summed E-state index contributed by atoms with van der Waals surface area (Å²) in [6.07, 6.45) is 2.83. The van der Waals surface area contributed by atoms with E-state index in [0.29, 0.717) is 18.3 Å². The third-order valence-electron chi connectivity index (χ3n) is 3.32. The summed E-state index contributed by atoms with van der Waals surface area (Å²) in [5.41, 5.74) is 0. The molecule has 1 heterocycles. The molecule has 0 bridgehead atoms. The predicted molar refractivity (Wildman–Crippen MR) is 88.1 cm³/mol. The summed E-state index contributed by atoms with van der Waals surface area (Å²) >= 11 is 1.71. The van der Waals surface area contributed by atoms with E-state index in [4.69, 9.17) is 4.42 Å². The van der Waals surface area contributed by atoms with Gasteiger partial charge in [0.25, 0.3) is 10.0 Å². The summed E-state index contributed by atoms with van der Waals surface area (Å²) in [5, 5.41) is 3.22. The molecule has 0 saturated carbocycles. The van der Waals surface area contributed by atoms with Crippen molar-refractivity contribution >= 4 is 21.8 Å². The largest absolute Gasteiger partial charge is 0.447 e. The normalized spacial score (nSPS) is 14.0. The van der Waals surface area contributed by atoms with E-state index in [1.54, 1.807) is 24.9 Å². The highest BCUT2D eigenvalue weighted by molar-refractivity contribution is 7.98. The standard InChI is InChI=1S/C14H26N2O3S2/c1-11(2)15-10-13-6-7-14(19-13)21(17,18)16(4)12(3)8-9-20-5/h6-7,11-12,15H,8-10H2,1-5H3. The Labute approximate surface area is 132 Å². The van der Waals surface area contributed by atoms with Crippen molar-refractivity contribution in [2.24, 2.45) is 0 Å². The second-order valence-electron chi connectivity index (χ2n) is 5.41. The van der Waals surface area contributed by atoms with Crippen molar-refractivity contribution in [1.82, 2.24) is 9.62 Å². The topological polar surface area (TPSA) is 62.6 Å². The summed E-state index contributed by atoms with van der Waals surface area (Å²) in [6, 6.07) is 3.52. The fraction of sp³-hybridized carbons (Fsp3) is 0.714. The second-order valence-corrected chi connectivity index (χ2v) is 8.32. The number of sulfonamides is 1. The maximum atomic E-state index is 12.5. The molecule has 0 amide bonds. The van der Waals surface area contributed by atoms with Crippen LogP contribution < -0.4 is 5.32 Å². The quantitative estimate of drug-likeness (QED) is 0.752. The number of rotatable bonds is 9. The number of hydrogen-bond acceptors (Lipinski definition) is 5. The molecule has 0 spiro atoms. The Kier molecular flexibility index (Phi) is 7.26. The predicted octanol–water partition coefficient (Wildman–Crippen LogP) is 2.54. The van der Waals surface area contributed by atoms with Crippen LogP contribution in [0.4, 0.5) is 0 Å². The first-order valence-corrected chi connectivity index (χ1v) is 9.91. The molecule has 1 N–H and O–H groups in total. The van der Waals surface area contributed by atoms with Crippen LogP contribution in [0, 0.1) is 0 Å². The Hall–Kier alpha value is -0.500. The van der Waals surface area contributed by atoms with Crippen LogP contribution in [0.1, 0.15) is 33.0 Å². The Balaban J connectivity index is 2.78. The van der Waals surface area contributed by atoms with Crippen LogP contribution in [0.5, 0.6) is 0 Å². The van der Waals surface area contributed by atoms with Crippen molar-refractivity contribution in [3.63, 3.8) is 0 Å². The van der Waals surface area contributed by atoms with Gasteiger partial charge in [0.1, 0.15) is 5.76 Å². The monoisotopic (exact) mass is 334 g/mol. The Morgan fingerprint density at radius 1 is 1.33 bits per heavy atom. The average molecular weight is 335 g/mol. The van der Waals surface area contributed by atoms with Crippen LogP contribution in [0.15, 0.2) is 21.6 Å². The van der Waals surface area contributed by atoms with Crippen molar-refractivity contribution in [2.45, 2.75) is 50.9 Å². The van der Waals surface area contributed by atoms with Crippen LogP contribution in [0.25, 0.3) is 0 Å². The molecule has 0 aliphatic heterocycles. The fourth-order valence-electron chi connectivity index (χ4n) is 1.75. The summed E-state index contributed by atoms with van der Waals surface area (Å²) in [7, 11) is -1.95. The lowest BCUT2D eigenvalue weighted by molar-refractivity contribution is 0.347. The van der Waals surface area contributed by atoms with Crippen molar-refractivity contribution in [3.05, 3.63) is 17.9 Å². The SMILES string of the molecule is CSCCC(C)N(C)S(=O)(=O)c1ccc(CNC(C)C)o1. The molecule has 1 unspecified atom stereocenters. The number of nitrogens with one attached hydrogen (secondary N) is 1. The van der Waals surface area contributed by atoms with Gasteiger partial charge in [0.2, 0.25) is 5.09 Å². The second kappa shape index (κ2) is 8.22. The number of hydrogen-bond donors (Lipinski definition) is 1. The summed E-state index contributed by atoms with van der Waals surface area (Å²) in [5.74, 6) is 1.57. The zero-order valence-corrected chi connectivity index (χ0v) is 15.1. The first kappa shape index (κ1) is 18.5. The van der Waals surface area contributed by atoms with Crippen molar-refractivity contribution in [3.8, 4) is 0 Å². The highest BCUT2D eigenvalue weighted by atomic mass is 32.2. The molecule has 5 nitrogen and oxygen atoms in total. The van der Waals surface area contributed by atoms with E-state index >= 15 is 0 Å². The molecular formula is C14H26N2O3S2. The first-order chi connectivity index (χ1) is 9.78. The number of nitrogens with zero attached hydrogens (tertiary/aromatic N) is 1. The van der Waals surface area contributed by atoms with Gasteiger partial charge in [0.15, 0.2) is 0 Å². The molecular weight excluding hydrogens is 308 g/mol. The van der Waals surface area contributed by atoms with E-state index in [-0.39, 0.29) is 11.1 Å². The molecule has 1 rings (SSSR count).